The molecule has 1 aliphatic heterocycles. The maximum atomic E-state index is 13.0. The van der Waals surface area contributed by atoms with Crippen LogP contribution in [0.5, 0.6) is 0 Å². The molecule has 1 rings (SSSR count). The lowest BCUT2D eigenvalue weighted by Crippen LogP contribution is -2.44. The lowest BCUT2D eigenvalue weighted by molar-refractivity contribution is -0.153. The van der Waals surface area contributed by atoms with Crippen molar-refractivity contribution in [2.24, 2.45) is 10.8 Å². The summed E-state index contributed by atoms with van der Waals surface area (Å²) in [5, 5.41) is 0. The Morgan fingerprint density at radius 3 is 1.95 bits per heavy atom. The smallest absolute Gasteiger partial charge is 0.254 e. The van der Waals surface area contributed by atoms with E-state index in [2.05, 4.69) is 34.6 Å². The normalized spacial score (nSPS) is 17.6. The summed E-state index contributed by atoms with van der Waals surface area (Å²) in [6.45, 7) is 25.1. The zero-order valence-corrected chi connectivity index (χ0v) is 27.6. The Bertz CT molecular complexity index is 823. The Kier molecular flexibility index (Phi) is 15.4. The van der Waals surface area contributed by atoms with Crippen molar-refractivity contribution in [2.75, 3.05) is 79.1 Å². The summed E-state index contributed by atoms with van der Waals surface area (Å²) >= 11 is 0. The van der Waals surface area contributed by atoms with Crippen LogP contribution in [0.4, 0.5) is 0 Å². The Balaban J connectivity index is 2.15. The second-order valence-corrected chi connectivity index (χ2v) is 13.9. The van der Waals surface area contributed by atoms with Crippen molar-refractivity contribution in [1.29, 1.82) is 0 Å². The van der Waals surface area contributed by atoms with Crippen LogP contribution in [0.2, 0.25) is 0 Å². The molecule has 1 aliphatic rings. The highest BCUT2D eigenvalue weighted by Gasteiger charge is 2.55. The molecule has 1 atom stereocenters. The number of rotatable bonds is 22. The van der Waals surface area contributed by atoms with E-state index < -0.39 is 5.60 Å². The molecule has 240 valence electrons. The Labute approximate surface area is 248 Å². The standard InChI is InChI=1S/C31H58N2O8/c1-11-13-32(19-25(2)34)26(35)12-14-37-15-16-38-17-18-39-22-29(6,7)23-40-24-31(10)20-33(31)27(36)30(8,9)41-21-28(3,4)5/h11-24H2,1-10H3. The number of ketones is 1. The zero-order chi connectivity index (χ0) is 31.3. The molecule has 1 unspecified atom stereocenters. The van der Waals surface area contributed by atoms with Crippen LogP contribution in [0.25, 0.3) is 0 Å². The van der Waals surface area contributed by atoms with E-state index in [4.69, 9.17) is 23.7 Å². The Morgan fingerprint density at radius 1 is 0.829 bits per heavy atom. The maximum Gasteiger partial charge on any atom is 0.254 e. The summed E-state index contributed by atoms with van der Waals surface area (Å²) in [7, 11) is 0. The summed E-state index contributed by atoms with van der Waals surface area (Å²) in [6.07, 6.45) is 1.07. The van der Waals surface area contributed by atoms with Crippen molar-refractivity contribution < 1.29 is 38.1 Å². The van der Waals surface area contributed by atoms with Crippen molar-refractivity contribution in [1.82, 2.24) is 9.80 Å². The molecular formula is C31H58N2O8. The number of hydrogen-bond acceptors (Lipinski definition) is 8. The van der Waals surface area contributed by atoms with E-state index in [9.17, 15) is 14.4 Å². The number of ether oxygens (including phenoxy) is 5. The van der Waals surface area contributed by atoms with E-state index in [0.717, 1.165) is 6.42 Å². The van der Waals surface area contributed by atoms with Gasteiger partial charge in [-0.25, -0.2) is 0 Å². The first-order valence-electron chi connectivity index (χ1n) is 15.0. The van der Waals surface area contributed by atoms with Crippen LogP contribution in [0, 0.1) is 10.8 Å². The van der Waals surface area contributed by atoms with Crippen LogP contribution in [0.15, 0.2) is 0 Å². The number of Topliss-reactive ketones (excluding diaryl/α,β-unsaturated/α-hetero) is 1. The molecule has 0 aromatic carbocycles. The first-order valence-corrected chi connectivity index (χ1v) is 15.0. The molecular weight excluding hydrogens is 528 g/mol. The van der Waals surface area contributed by atoms with Crippen molar-refractivity contribution in [3.05, 3.63) is 0 Å². The van der Waals surface area contributed by atoms with Gasteiger partial charge in [0, 0.05) is 18.5 Å². The van der Waals surface area contributed by atoms with E-state index in [0.29, 0.717) is 72.6 Å². The van der Waals surface area contributed by atoms with E-state index in [-0.39, 0.29) is 46.9 Å². The molecule has 0 aromatic rings. The van der Waals surface area contributed by atoms with Crippen LogP contribution in [0.1, 0.15) is 82.1 Å². The van der Waals surface area contributed by atoms with Gasteiger partial charge < -0.3 is 33.5 Å². The second kappa shape index (κ2) is 16.9. The maximum absolute atomic E-state index is 13.0. The summed E-state index contributed by atoms with van der Waals surface area (Å²) in [4.78, 5) is 40.0. The van der Waals surface area contributed by atoms with Crippen LogP contribution < -0.4 is 0 Å². The molecule has 0 N–H and O–H groups in total. The lowest BCUT2D eigenvalue weighted by atomic mass is 9.96. The van der Waals surface area contributed by atoms with Crippen molar-refractivity contribution in [3.8, 4) is 0 Å². The first-order chi connectivity index (χ1) is 18.9. The molecule has 2 amide bonds. The molecule has 0 bridgehead atoms. The predicted molar refractivity (Wildman–Crippen MR) is 159 cm³/mol. The fourth-order valence-corrected chi connectivity index (χ4v) is 4.05. The van der Waals surface area contributed by atoms with Crippen LogP contribution in [-0.4, -0.2) is 118 Å². The highest BCUT2D eigenvalue weighted by molar-refractivity contribution is 5.87. The molecule has 41 heavy (non-hydrogen) atoms. The van der Waals surface area contributed by atoms with Crippen LogP contribution in [-0.2, 0) is 38.1 Å². The quantitative estimate of drug-likeness (QED) is 0.140. The molecule has 1 heterocycles. The summed E-state index contributed by atoms with van der Waals surface area (Å²) in [5.74, 6) is -0.0864. The van der Waals surface area contributed by atoms with Gasteiger partial charge in [0.25, 0.3) is 5.91 Å². The topological polar surface area (TPSA) is 104 Å². The third-order valence-corrected chi connectivity index (χ3v) is 6.54. The zero-order valence-electron chi connectivity index (χ0n) is 27.6. The fourth-order valence-electron chi connectivity index (χ4n) is 4.05. The van der Waals surface area contributed by atoms with Gasteiger partial charge in [0.1, 0.15) is 11.4 Å². The number of amides is 2. The molecule has 0 radical (unpaired) electrons. The molecule has 10 nitrogen and oxygen atoms in total. The van der Waals surface area contributed by atoms with Gasteiger partial charge >= 0.3 is 0 Å². The molecule has 0 spiro atoms. The molecule has 1 fully saturated rings. The van der Waals surface area contributed by atoms with Crippen molar-refractivity contribution in [3.63, 3.8) is 0 Å². The third kappa shape index (κ3) is 15.4. The minimum atomic E-state index is -0.863. The highest BCUT2D eigenvalue weighted by Crippen LogP contribution is 2.36. The predicted octanol–water partition coefficient (Wildman–Crippen LogP) is 3.74. The Morgan fingerprint density at radius 2 is 1.39 bits per heavy atom. The van der Waals surface area contributed by atoms with Gasteiger partial charge in [0.15, 0.2) is 0 Å². The largest absolute Gasteiger partial charge is 0.379 e. The van der Waals surface area contributed by atoms with E-state index in [1.807, 2.05) is 32.6 Å². The lowest BCUT2D eigenvalue weighted by Gasteiger charge is -2.30. The average molecular weight is 587 g/mol. The number of nitrogens with zero attached hydrogens (tertiary/aromatic N) is 2. The molecule has 1 saturated heterocycles. The molecule has 0 saturated carbocycles. The van der Waals surface area contributed by atoms with E-state index in [1.165, 1.54) is 6.92 Å². The number of hydrogen-bond donors (Lipinski definition) is 0. The summed E-state index contributed by atoms with van der Waals surface area (Å²) in [5.41, 5.74) is -1.35. The van der Waals surface area contributed by atoms with Gasteiger partial charge in [0.05, 0.1) is 78.0 Å². The van der Waals surface area contributed by atoms with Crippen molar-refractivity contribution >= 4 is 17.6 Å². The monoisotopic (exact) mass is 586 g/mol. The number of carbonyl (C=O) groups excluding carboxylic acids is 3. The first kappa shape index (κ1) is 37.4. The average Bonchev–Trinajstić information content (AvgIpc) is 3.52. The summed E-state index contributed by atoms with van der Waals surface area (Å²) in [6, 6.07) is 0. The molecule has 0 aromatic heterocycles. The van der Waals surface area contributed by atoms with Crippen molar-refractivity contribution in [2.45, 2.75) is 93.2 Å². The van der Waals surface area contributed by atoms with Gasteiger partial charge in [-0.05, 0) is 39.5 Å². The highest BCUT2D eigenvalue weighted by atomic mass is 16.5. The van der Waals surface area contributed by atoms with E-state index in [1.54, 1.807) is 4.90 Å². The van der Waals surface area contributed by atoms with E-state index >= 15 is 0 Å². The number of carbonyl (C=O) groups is 3. The van der Waals surface area contributed by atoms with Gasteiger partial charge in [-0.3, -0.25) is 14.4 Å². The second-order valence-electron chi connectivity index (χ2n) is 13.9. The SMILES string of the molecule is CCCN(CC(C)=O)C(=O)CCOCCOCCOCC(C)(C)COCC1(C)CN1C(=O)C(C)(C)OCC(C)(C)C. The van der Waals surface area contributed by atoms with Gasteiger partial charge in [-0.2, -0.15) is 0 Å². The van der Waals surface area contributed by atoms with Gasteiger partial charge in [-0.15, -0.1) is 0 Å². The summed E-state index contributed by atoms with van der Waals surface area (Å²) < 4.78 is 28.8. The Hall–Kier alpha value is -1.59. The minimum Gasteiger partial charge on any atom is -0.379 e. The minimum absolute atomic E-state index is 0.00221. The van der Waals surface area contributed by atoms with Gasteiger partial charge in [-0.1, -0.05) is 41.5 Å². The fraction of sp³-hybridized carbons (Fsp3) is 0.903. The van der Waals surface area contributed by atoms with Gasteiger partial charge in [0.2, 0.25) is 5.91 Å². The molecule has 10 heteroatoms. The molecule has 0 aliphatic carbocycles. The van der Waals surface area contributed by atoms with Crippen LogP contribution >= 0.6 is 0 Å². The van der Waals surface area contributed by atoms with Crippen LogP contribution in [0.3, 0.4) is 0 Å². The third-order valence-electron chi connectivity index (χ3n) is 6.54.